The number of fused-ring (bicyclic) bond motifs is 1. The summed E-state index contributed by atoms with van der Waals surface area (Å²) in [4.78, 5) is 4.80. The zero-order valence-electron chi connectivity index (χ0n) is 10.0. The van der Waals surface area contributed by atoms with E-state index in [0.29, 0.717) is 6.61 Å². The van der Waals surface area contributed by atoms with Gasteiger partial charge in [-0.3, -0.25) is 4.84 Å². The van der Waals surface area contributed by atoms with Crippen LogP contribution >= 0.6 is 0 Å². The molecule has 0 radical (unpaired) electrons. The largest absolute Gasteiger partial charge is 0.496 e. The highest BCUT2D eigenvalue weighted by atomic mass is 16.6. The van der Waals surface area contributed by atoms with Crippen LogP contribution in [0.4, 0.5) is 0 Å². The van der Waals surface area contributed by atoms with Crippen molar-refractivity contribution >= 4 is 0 Å². The molecular weight excluding hydrogens is 202 g/mol. The van der Waals surface area contributed by atoms with Gasteiger partial charge in [-0.15, -0.1) is 0 Å². The fourth-order valence-corrected chi connectivity index (χ4v) is 2.62. The normalized spacial score (nSPS) is 14.7. The molecule has 88 valence electrons. The molecule has 0 saturated heterocycles. The molecule has 0 bridgehead atoms. The van der Waals surface area contributed by atoms with Gasteiger partial charge in [0, 0.05) is 5.56 Å². The van der Waals surface area contributed by atoms with Crippen molar-refractivity contribution in [1.82, 2.24) is 0 Å². The fourth-order valence-electron chi connectivity index (χ4n) is 2.62. The van der Waals surface area contributed by atoms with Crippen LogP contribution in [0.3, 0.4) is 0 Å². The van der Waals surface area contributed by atoms with Gasteiger partial charge in [-0.2, -0.15) is 0 Å². The van der Waals surface area contributed by atoms with E-state index in [1.54, 1.807) is 7.11 Å². The highest BCUT2D eigenvalue weighted by molar-refractivity contribution is 5.50. The van der Waals surface area contributed by atoms with Crippen LogP contribution in [-0.4, -0.2) is 7.11 Å². The molecule has 0 unspecified atom stereocenters. The summed E-state index contributed by atoms with van der Waals surface area (Å²) in [6, 6.07) is 2.10. The van der Waals surface area contributed by atoms with Crippen molar-refractivity contribution in [2.24, 2.45) is 5.90 Å². The van der Waals surface area contributed by atoms with Crippen LogP contribution in [0.5, 0.6) is 5.75 Å². The van der Waals surface area contributed by atoms with Gasteiger partial charge in [0.15, 0.2) is 0 Å². The van der Waals surface area contributed by atoms with Crippen molar-refractivity contribution in [3.05, 3.63) is 28.3 Å². The first-order valence-corrected chi connectivity index (χ1v) is 5.77. The molecule has 1 aliphatic rings. The van der Waals surface area contributed by atoms with Gasteiger partial charge >= 0.3 is 0 Å². The number of methoxy groups -OCH3 is 1. The summed E-state index contributed by atoms with van der Waals surface area (Å²) in [5.74, 6) is 6.11. The van der Waals surface area contributed by atoms with E-state index in [1.807, 2.05) is 0 Å². The Labute approximate surface area is 96.5 Å². The Morgan fingerprint density at radius 2 is 1.94 bits per heavy atom. The molecule has 3 nitrogen and oxygen atoms in total. The van der Waals surface area contributed by atoms with Gasteiger partial charge in [-0.1, -0.05) is 0 Å². The van der Waals surface area contributed by atoms with Crippen molar-refractivity contribution in [1.29, 1.82) is 0 Å². The van der Waals surface area contributed by atoms with Gasteiger partial charge in [0.25, 0.3) is 0 Å². The molecule has 3 heteroatoms. The quantitative estimate of drug-likeness (QED) is 0.796. The second kappa shape index (κ2) is 4.85. The first-order valence-electron chi connectivity index (χ1n) is 5.77. The maximum atomic E-state index is 5.41. The summed E-state index contributed by atoms with van der Waals surface area (Å²) in [5, 5.41) is 0. The molecule has 1 aliphatic carbocycles. The number of ether oxygens (including phenoxy) is 1. The highest BCUT2D eigenvalue weighted by Crippen LogP contribution is 2.34. The van der Waals surface area contributed by atoms with Crippen molar-refractivity contribution in [2.45, 2.75) is 39.2 Å². The van der Waals surface area contributed by atoms with Gasteiger partial charge in [0.2, 0.25) is 0 Å². The average Bonchev–Trinajstić information content (AvgIpc) is 2.33. The van der Waals surface area contributed by atoms with Gasteiger partial charge < -0.3 is 4.74 Å². The molecule has 2 rings (SSSR count). The third-order valence-electron chi connectivity index (χ3n) is 3.40. The minimum Gasteiger partial charge on any atom is -0.496 e. The Balaban J connectivity index is 2.54. The van der Waals surface area contributed by atoms with E-state index >= 15 is 0 Å². The lowest BCUT2D eigenvalue weighted by Gasteiger charge is -2.23. The molecule has 0 heterocycles. The van der Waals surface area contributed by atoms with E-state index in [9.17, 15) is 0 Å². The van der Waals surface area contributed by atoms with Crippen LogP contribution in [0.1, 0.15) is 35.1 Å². The predicted molar refractivity (Wildman–Crippen MR) is 63.3 cm³/mol. The lowest BCUT2D eigenvalue weighted by Crippen LogP contribution is -2.12. The van der Waals surface area contributed by atoms with Crippen LogP contribution < -0.4 is 10.6 Å². The first-order chi connectivity index (χ1) is 7.77. The predicted octanol–water partition coefficient (Wildman–Crippen LogP) is 2.27. The topological polar surface area (TPSA) is 44.5 Å². The van der Waals surface area contributed by atoms with Crippen molar-refractivity contribution < 1.29 is 9.57 Å². The van der Waals surface area contributed by atoms with Gasteiger partial charge in [0.1, 0.15) is 5.75 Å². The van der Waals surface area contributed by atoms with Crippen LogP contribution in [0.25, 0.3) is 0 Å². The maximum absolute atomic E-state index is 5.41. The number of hydrogen-bond donors (Lipinski definition) is 1. The summed E-state index contributed by atoms with van der Waals surface area (Å²) in [7, 11) is 1.70. The fraction of sp³-hybridized carbons (Fsp3) is 0.538. The van der Waals surface area contributed by atoms with Crippen molar-refractivity contribution in [3.8, 4) is 5.75 Å². The van der Waals surface area contributed by atoms with Crippen molar-refractivity contribution in [3.63, 3.8) is 0 Å². The minimum atomic E-state index is 0.436. The Hall–Kier alpha value is -1.06. The Morgan fingerprint density at radius 1 is 1.25 bits per heavy atom. The number of benzene rings is 1. The van der Waals surface area contributed by atoms with Gasteiger partial charge in [-0.05, 0) is 55.4 Å². The third kappa shape index (κ3) is 1.93. The van der Waals surface area contributed by atoms with E-state index < -0.39 is 0 Å². The number of rotatable bonds is 3. The van der Waals surface area contributed by atoms with E-state index in [-0.39, 0.29) is 0 Å². The molecule has 0 atom stereocenters. The zero-order chi connectivity index (χ0) is 11.5. The first kappa shape index (κ1) is 11.4. The molecule has 16 heavy (non-hydrogen) atoms. The maximum Gasteiger partial charge on any atom is 0.125 e. The van der Waals surface area contributed by atoms with Crippen LogP contribution in [0, 0.1) is 6.92 Å². The third-order valence-corrected chi connectivity index (χ3v) is 3.40. The second-order valence-electron chi connectivity index (χ2n) is 4.35. The highest BCUT2D eigenvalue weighted by Gasteiger charge is 2.19. The monoisotopic (exact) mass is 221 g/mol. The Morgan fingerprint density at radius 3 is 2.56 bits per heavy atom. The van der Waals surface area contributed by atoms with Crippen LogP contribution in [0.2, 0.25) is 0 Å². The molecule has 0 spiro atoms. The number of aryl methyl sites for hydroxylation is 1. The SMILES string of the molecule is COc1cc(C)c2c(c1CON)CCCC2. The molecule has 2 N–H and O–H groups in total. The van der Waals surface area contributed by atoms with Gasteiger partial charge in [0.05, 0.1) is 13.7 Å². The summed E-state index contributed by atoms with van der Waals surface area (Å²) in [6.45, 7) is 2.59. The summed E-state index contributed by atoms with van der Waals surface area (Å²) in [5.41, 5.74) is 5.32. The summed E-state index contributed by atoms with van der Waals surface area (Å²) in [6.07, 6.45) is 4.81. The molecular formula is C13H19NO2. The molecule has 0 saturated carbocycles. The molecule has 0 aliphatic heterocycles. The van der Waals surface area contributed by atoms with E-state index in [1.165, 1.54) is 36.0 Å². The minimum absolute atomic E-state index is 0.436. The van der Waals surface area contributed by atoms with E-state index in [2.05, 4.69) is 13.0 Å². The lowest BCUT2D eigenvalue weighted by atomic mass is 9.85. The molecule has 0 fully saturated rings. The van der Waals surface area contributed by atoms with Crippen LogP contribution in [-0.2, 0) is 24.3 Å². The lowest BCUT2D eigenvalue weighted by molar-refractivity contribution is 0.121. The Bertz CT molecular complexity index is 388. The summed E-state index contributed by atoms with van der Waals surface area (Å²) < 4.78 is 5.41. The molecule has 1 aromatic carbocycles. The zero-order valence-corrected chi connectivity index (χ0v) is 10.0. The Kier molecular flexibility index (Phi) is 3.46. The van der Waals surface area contributed by atoms with Crippen LogP contribution in [0.15, 0.2) is 6.07 Å². The average molecular weight is 221 g/mol. The molecule has 1 aromatic rings. The van der Waals surface area contributed by atoms with E-state index in [4.69, 9.17) is 15.5 Å². The smallest absolute Gasteiger partial charge is 0.125 e. The molecule has 0 aromatic heterocycles. The number of nitrogens with two attached hydrogens (primary N) is 1. The summed E-state index contributed by atoms with van der Waals surface area (Å²) >= 11 is 0. The molecule has 0 amide bonds. The standard InChI is InChI=1S/C13H19NO2/c1-9-7-13(15-2)12(8-16-14)11-6-4-3-5-10(9)11/h7H,3-6,8,14H2,1-2H3. The second-order valence-corrected chi connectivity index (χ2v) is 4.35. The van der Waals surface area contributed by atoms with Crippen molar-refractivity contribution in [2.75, 3.05) is 7.11 Å². The van der Waals surface area contributed by atoms with Gasteiger partial charge in [-0.25, -0.2) is 5.90 Å². The van der Waals surface area contributed by atoms with E-state index in [0.717, 1.165) is 17.7 Å². The number of hydrogen-bond acceptors (Lipinski definition) is 3.